The van der Waals surface area contributed by atoms with Gasteiger partial charge in [0.15, 0.2) is 12.1 Å². The Morgan fingerprint density at radius 1 is 0.683 bits per heavy atom. The van der Waals surface area contributed by atoms with E-state index in [9.17, 15) is 35.1 Å². The molecular formula is C49H79NO10. The fourth-order valence-electron chi connectivity index (χ4n) is 7.80. The van der Waals surface area contributed by atoms with E-state index in [-0.39, 0.29) is 18.3 Å². The normalized spacial score (nSPS) is 20.2. The second kappa shape index (κ2) is 32.0. The lowest BCUT2D eigenvalue weighted by Crippen LogP contribution is -2.60. The van der Waals surface area contributed by atoms with E-state index in [1.165, 1.54) is 64.2 Å². The molecule has 0 saturated carbocycles. The first-order valence-corrected chi connectivity index (χ1v) is 23.4. The van der Waals surface area contributed by atoms with Crippen molar-refractivity contribution in [1.29, 1.82) is 0 Å². The summed E-state index contributed by atoms with van der Waals surface area (Å²) in [6, 6.07) is 16.2. The van der Waals surface area contributed by atoms with Crippen LogP contribution in [0.2, 0.25) is 0 Å². The van der Waals surface area contributed by atoms with Gasteiger partial charge in [0.25, 0.3) is 0 Å². The van der Waals surface area contributed by atoms with Crippen LogP contribution >= 0.6 is 0 Å². The van der Waals surface area contributed by atoms with Crippen LogP contribution in [-0.4, -0.2) is 99.9 Å². The molecule has 340 valence electrons. The average Bonchev–Trinajstić information content (AvgIpc) is 3.26. The monoisotopic (exact) mass is 842 g/mol. The predicted octanol–water partition coefficient (Wildman–Crippen LogP) is 8.09. The number of carbonyl (C=O) groups excluding carboxylic acids is 2. The lowest BCUT2D eigenvalue weighted by molar-refractivity contribution is -0.302. The highest BCUT2D eigenvalue weighted by atomic mass is 16.7. The van der Waals surface area contributed by atoms with E-state index in [0.29, 0.717) is 37.2 Å². The maximum atomic E-state index is 13.0. The fourth-order valence-corrected chi connectivity index (χ4v) is 7.80. The lowest BCUT2D eigenvalue weighted by Gasteiger charge is -2.40. The third-order valence-electron chi connectivity index (χ3n) is 11.6. The first-order chi connectivity index (χ1) is 29.2. The number of benzene rings is 2. The molecule has 0 aromatic heterocycles. The van der Waals surface area contributed by atoms with Crippen molar-refractivity contribution >= 4 is 11.7 Å². The zero-order valence-corrected chi connectivity index (χ0v) is 36.6. The molecule has 1 fully saturated rings. The van der Waals surface area contributed by atoms with E-state index in [0.717, 1.165) is 76.2 Å². The fraction of sp³-hybridized carbons (Fsp3) is 0.714. The number of unbranched alkanes of at least 4 members (excludes halogenated alkanes) is 19. The minimum Gasteiger partial charge on any atom is -0.394 e. The number of ether oxygens (including phenoxy) is 3. The molecule has 3 rings (SSSR count). The van der Waals surface area contributed by atoms with Crippen LogP contribution in [0.5, 0.6) is 0 Å². The highest BCUT2D eigenvalue weighted by Crippen LogP contribution is 2.23. The summed E-state index contributed by atoms with van der Waals surface area (Å²) in [6.45, 7) is 2.67. The molecule has 1 amide bonds. The second-order valence-corrected chi connectivity index (χ2v) is 16.8. The average molecular weight is 842 g/mol. The van der Waals surface area contributed by atoms with Gasteiger partial charge in [-0.25, -0.2) is 0 Å². The Labute approximate surface area is 360 Å². The van der Waals surface area contributed by atoms with Gasteiger partial charge in [0.05, 0.1) is 32.0 Å². The van der Waals surface area contributed by atoms with E-state index in [1.807, 2.05) is 54.6 Å². The molecule has 6 N–H and O–H groups in total. The van der Waals surface area contributed by atoms with Crippen molar-refractivity contribution in [3.63, 3.8) is 0 Å². The molecule has 1 aliphatic rings. The van der Waals surface area contributed by atoms with Crippen LogP contribution in [-0.2, 0) is 25.6 Å². The van der Waals surface area contributed by atoms with Crippen molar-refractivity contribution in [3.8, 4) is 0 Å². The number of rotatable bonds is 35. The smallest absolute Gasteiger partial charge is 0.220 e. The van der Waals surface area contributed by atoms with Crippen molar-refractivity contribution in [1.82, 2.24) is 5.32 Å². The molecule has 7 atom stereocenters. The molecule has 60 heavy (non-hydrogen) atoms. The van der Waals surface area contributed by atoms with Crippen molar-refractivity contribution < 1.29 is 49.3 Å². The molecule has 1 heterocycles. The van der Waals surface area contributed by atoms with E-state index in [1.54, 1.807) is 0 Å². The van der Waals surface area contributed by atoms with Crippen molar-refractivity contribution in [2.75, 3.05) is 19.8 Å². The van der Waals surface area contributed by atoms with Crippen LogP contribution in [0, 0.1) is 0 Å². The summed E-state index contributed by atoms with van der Waals surface area (Å²) in [6.07, 6.45) is 16.9. The second-order valence-electron chi connectivity index (χ2n) is 16.8. The van der Waals surface area contributed by atoms with Crippen LogP contribution in [0.25, 0.3) is 0 Å². The van der Waals surface area contributed by atoms with Gasteiger partial charge in [-0.3, -0.25) is 9.59 Å². The molecule has 2 aromatic carbocycles. The maximum Gasteiger partial charge on any atom is 0.220 e. The molecule has 0 radical (unpaired) electrons. The van der Waals surface area contributed by atoms with Gasteiger partial charge in [0.2, 0.25) is 5.91 Å². The first kappa shape index (κ1) is 51.6. The van der Waals surface area contributed by atoms with E-state index in [2.05, 4.69) is 12.2 Å². The Morgan fingerprint density at radius 3 is 1.87 bits per heavy atom. The quantitative estimate of drug-likeness (QED) is 0.0294. The molecular weight excluding hydrogens is 763 g/mol. The Kier molecular flexibility index (Phi) is 27.5. The highest BCUT2D eigenvalue weighted by molar-refractivity contribution is 6.09. The highest BCUT2D eigenvalue weighted by Gasteiger charge is 2.44. The van der Waals surface area contributed by atoms with Gasteiger partial charge in [-0.05, 0) is 30.9 Å². The van der Waals surface area contributed by atoms with Gasteiger partial charge in [0.1, 0.15) is 24.4 Å². The summed E-state index contributed by atoms with van der Waals surface area (Å²) < 4.78 is 17.1. The molecule has 0 aliphatic carbocycles. The van der Waals surface area contributed by atoms with Gasteiger partial charge < -0.3 is 45.1 Å². The summed E-state index contributed by atoms with van der Waals surface area (Å²) in [4.78, 5) is 25.8. The number of aliphatic hydroxyl groups excluding tert-OH is 5. The number of hydrogen-bond donors (Lipinski definition) is 6. The summed E-state index contributed by atoms with van der Waals surface area (Å²) >= 11 is 0. The molecule has 1 aliphatic heterocycles. The first-order valence-electron chi connectivity index (χ1n) is 23.4. The van der Waals surface area contributed by atoms with Gasteiger partial charge in [0, 0.05) is 24.2 Å². The molecule has 11 heteroatoms. The SMILES string of the molecule is CCCCCCCCCCCCCCCC(O)C(COC1OC(CO)C(O)C(O)C1O)NC(=O)CCCCCCCCCCOCc1cccc(C(=O)c2ccccc2)c1. The standard InChI is InChI=1S/C49H79NO10/c1-2-3-4-5-6-7-8-9-10-11-14-17-23-31-42(52)41(37-59-49-48(57)47(56)46(55)43(35-51)60-49)50-44(53)32-24-18-15-12-13-16-19-25-33-58-36-38-27-26-30-40(34-38)45(54)39-28-21-20-22-29-39/h20-22,26-30,34,41-43,46-49,51-52,55-57H,2-19,23-25,31-33,35-37H2,1H3,(H,50,53). The summed E-state index contributed by atoms with van der Waals surface area (Å²) in [5.74, 6) is -0.172. The lowest BCUT2D eigenvalue weighted by atomic mass is 9.99. The predicted molar refractivity (Wildman–Crippen MR) is 235 cm³/mol. The molecule has 7 unspecified atom stereocenters. The zero-order chi connectivity index (χ0) is 43.2. The number of carbonyl (C=O) groups is 2. The van der Waals surface area contributed by atoms with E-state index >= 15 is 0 Å². The van der Waals surface area contributed by atoms with Crippen LogP contribution in [0.4, 0.5) is 0 Å². The minimum absolute atomic E-state index is 0.0120. The van der Waals surface area contributed by atoms with Gasteiger partial charge in [-0.15, -0.1) is 0 Å². The van der Waals surface area contributed by atoms with Crippen LogP contribution < -0.4 is 5.32 Å². The van der Waals surface area contributed by atoms with Gasteiger partial charge >= 0.3 is 0 Å². The number of aliphatic hydroxyl groups is 5. The topological polar surface area (TPSA) is 175 Å². The number of hydrogen-bond acceptors (Lipinski definition) is 10. The van der Waals surface area contributed by atoms with Crippen LogP contribution in [0.15, 0.2) is 54.6 Å². The number of ketones is 1. The molecule has 1 saturated heterocycles. The largest absolute Gasteiger partial charge is 0.394 e. The van der Waals surface area contributed by atoms with Crippen molar-refractivity contribution in [2.24, 2.45) is 0 Å². The third-order valence-corrected chi connectivity index (χ3v) is 11.6. The molecule has 0 spiro atoms. The minimum atomic E-state index is -1.57. The van der Waals surface area contributed by atoms with Crippen molar-refractivity contribution in [2.45, 2.75) is 204 Å². The zero-order valence-electron chi connectivity index (χ0n) is 36.6. The van der Waals surface area contributed by atoms with Gasteiger partial charge in [-0.1, -0.05) is 177 Å². The summed E-state index contributed by atoms with van der Waals surface area (Å²) in [7, 11) is 0. The maximum absolute atomic E-state index is 13.0. The summed E-state index contributed by atoms with van der Waals surface area (Å²) in [5.41, 5.74) is 2.33. The Balaban J connectivity index is 1.28. The molecule has 0 bridgehead atoms. The molecule has 11 nitrogen and oxygen atoms in total. The molecule has 2 aromatic rings. The number of nitrogens with one attached hydrogen (secondary N) is 1. The van der Waals surface area contributed by atoms with E-state index < -0.39 is 49.5 Å². The Hall–Kier alpha value is -2.74. The summed E-state index contributed by atoms with van der Waals surface area (Å²) in [5, 5.41) is 54.4. The number of amides is 1. The third kappa shape index (κ3) is 20.9. The Bertz CT molecular complexity index is 1390. The Morgan fingerprint density at radius 2 is 1.25 bits per heavy atom. The van der Waals surface area contributed by atoms with Crippen LogP contribution in [0.3, 0.4) is 0 Å². The van der Waals surface area contributed by atoms with Crippen molar-refractivity contribution in [3.05, 3.63) is 71.3 Å². The van der Waals surface area contributed by atoms with Gasteiger partial charge in [-0.2, -0.15) is 0 Å². The van der Waals surface area contributed by atoms with E-state index in [4.69, 9.17) is 14.2 Å². The van der Waals surface area contributed by atoms with Crippen LogP contribution in [0.1, 0.15) is 176 Å².